The number of carbonyl (C=O) groups excluding carboxylic acids is 1. The van der Waals surface area contributed by atoms with Crippen LogP contribution in [-0.2, 0) is 11.3 Å². The van der Waals surface area contributed by atoms with Crippen molar-refractivity contribution in [2.24, 2.45) is 4.99 Å². The molecule has 0 saturated carbocycles. The number of benzene rings is 1. The first-order valence-corrected chi connectivity index (χ1v) is 7.88. The van der Waals surface area contributed by atoms with Gasteiger partial charge in [-0.05, 0) is 13.8 Å². The summed E-state index contributed by atoms with van der Waals surface area (Å²) < 4.78 is 7.22. The second-order valence-corrected chi connectivity index (χ2v) is 5.12. The monoisotopic (exact) mass is 312 g/mol. The van der Waals surface area contributed by atoms with E-state index in [2.05, 4.69) is 15.3 Å². The zero-order chi connectivity index (χ0) is 16.2. The fourth-order valence-electron chi connectivity index (χ4n) is 2.71. The Kier molecular flexibility index (Phi) is 4.41. The Balaban J connectivity index is 2.26. The average molecular weight is 312 g/mol. The van der Waals surface area contributed by atoms with E-state index in [4.69, 9.17) is 4.74 Å². The maximum absolute atomic E-state index is 12.4. The van der Waals surface area contributed by atoms with Gasteiger partial charge in [0.25, 0.3) is 0 Å². The number of rotatable bonds is 4. The Labute approximate surface area is 134 Å². The van der Waals surface area contributed by atoms with Crippen LogP contribution in [0.3, 0.4) is 0 Å². The van der Waals surface area contributed by atoms with Gasteiger partial charge in [0.1, 0.15) is 17.2 Å². The summed E-state index contributed by atoms with van der Waals surface area (Å²) >= 11 is 0. The molecule has 2 aromatic rings. The molecule has 1 aliphatic heterocycles. The van der Waals surface area contributed by atoms with Crippen LogP contribution in [-0.4, -0.2) is 35.2 Å². The van der Waals surface area contributed by atoms with Crippen LogP contribution in [0.1, 0.15) is 24.2 Å². The third-order valence-electron chi connectivity index (χ3n) is 3.65. The molecule has 6 nitrogen and oxygen atoms in total. The van der Waals surface area contributed by atoms with Gasteiger partial charge in [0, 0.05) is 25.2 Å². The number of fused-ring (bicyclic) bond motifs is 1. The van der Waals surface area contributed by atoms with E-state index in [1.54, 1.807) is 6.92 Å². The van der Waals surface area contributed by atoms with Crippen molar-refractivity contribution in [2.75, 3.05) is 25.0 Å². The number of esters is 1. The summed E-state index contributed by atoms with van der Waals surface area (Å²) in [6.45, 7) is 6.10. The molecule has 0 atom stereocenters. The molecule has 23 heavy (non-hydrogen) atoms. The molecule has 0 bridgehead atoms. The van der Waals surface area contributed by atoms with E-state index in [0.29, 0.717) is 24.2 Å². The molecule has 1 aromatic heterocycles. The molecule has 0 aliphatic carbocycles. The molecule has 0 amide bonds. The zero-order valence-electron chi connectivity index (χ0n) is 13.4. The molecule has 1 aromatic carbocycles. The van der Waals surface area contributed by atoms with Crippen LogP contribution in [0, 0.1) is 0 Å². The number of nitrogens with one attached hydrogen (secondary N) is 1. The van der Waals surface area contributed by atoms with Crippen molar-refractivity contribution in [3.63, 3.8) is 0 Å². The fourth-order valence-corrected chi connectivity index (χ4v) is 2.71. The average Bonchev–Trinajstić information content (AvgIpc) is 3.04. The van der Waals surface area contributed by atoms with Crippen molar-refractivity contribution in [2.45, 2.75) is 20.4 Å². The number of anilines is 1. The molecule has 6 heteroatoms. The van der Waals surface area contributed by atoms with Crippen LogP contribution >= 0.6 is 0 Å². The molecule has 0 radical (unpaired) electrons. The molecule has 1 aliphatic rings. The van der Waals surface area contributed by atoms with Gasteiger partial charge in [-0.25, -0.2) is 9.78 Å². The molecule has 120 valence electrons. The maximum atomic E-state index is 12.4. The van der Waals surface area contributed by atoms with Crippen molar-refractivity contribution < 1.29 is 9.53 Å². The third-order valence-corrected chi connectivity index (χ3v) is 3.65. The first kappa shape index (κ1) is 15.3. The Hall–Kier alpha value is -2.63. The molecule has 2 heterocycles. The highest BCUT2D eigenvalue weighted by molar-refractivity contribution is 5.95. The van der Waals surface area contributed by atoms with E-state index in [0.717, 1.165) is 30.3 Å². The molecule has 3 rings (SSSR count). The van der Waals surface area contributed by atoms with Crippen LogP contribution in [0.2, 0.25) is 0 Å². The quantitative estimate of drug-likeness (QED) is 0.878. The second-order valence-electron chi connectivity index (χ2n) is 5.12. The minimum Gasteiger partial charge on any atom is -0.462 e. The molecule has 0 spiro atoms. The first-order chi connectivity index (χ1) is 11.3. The van der Waals surface area contributed by atoms with Gasteiger partial charge in [0.05, 0.1) is 6.61 Å². The SMILES string of the molecule is CCN=c1nc(-c2ccccc2)n2c(c1C(=O)OCC)NCC2. The van der Waals surface area contributed by atoms with E-state index >= 15 is 0 Å². The third kappa shape index (κ3) is 2.84. The minimum atomic E-state index is -0.384. The van der Waals surface area contributed by atoms with Gasteiger partial charge in [0.2, 0.25) is 0 Å². The number of hydrogen-bond acceptors (Lipinski definition) is 5. The molecule has 0 fully saturated rings. The van der Waals surface area contributed by atoms with Gasteiger partial charge in [-0.3, -0.25) is 4.99 Å². The summed E-state index contributed by atoms with van der Waals surface area (Å²) in [6.07, 6.45) is 0. The molecular formula is C17H20N4O2. The summed E-state index contributed by atoms with van der Waals surface area (Å²) in [5.74, 6) is 1.17. The maximum Gasteiger partial charge on any atom is 0.345 e. The topological polar surface area (TPSA) is 68.5 Å². The highest BCUT2D eigenvalue weighted by Crippen LogP contribution is 2.25. The highest BCUT2D eigenvalue weighted by atomic mass is 16.5. The van der Waals surface area contributed by atoms with E-state index in [1.807, 2.05) is 41.8 Å². The Morgan fingerprint density at radius 3 is 2.83 bits per heavy atom. The van der Waals surface area contributed by atoms with Gasteiger partial charge in [0.15, 0.2) is 5.49 Å². The van der Waals surface area contributed by atoms with Gasteiger partial charge >= 0.3 is 5.97 Å². The van der Waals surface area contributed by atoms with Crippen molar-refractivity contribution in [1.29, 1.82) is 0 Å². The number of nitrogens with zero attached hydrogens (tertiary/aromatic N) is 3. The Bertz CT molecular complexity index is 781. The summed E-state index contributed by atoms with van der Waals surface area (Å²) in [4.78, 5) is 21.4. The lowest BCUT2D eigenvalue weighted by atomic mass is 10.2. The molecule has 1 N–H and O–H groups in total. The smallest absolute Gasteiger partial charge is 0.345 e. The Morgan fingerprint density at radius 1 is 1.35 bits per heavy atom. The predicted octanol–water partition coefficient (Wildman–Crippen LogP) is 2.07. The van der Waals surface area contributed by atoms with Crippen LogP contribution in [0.4, 0.5) is 5.82 Å². The van der Waals surface area contributed by atoms with Crippen LogP contribution < -0.4 is 10.8 Å². The first-order valence-electron chi connectivity index (χ1n) is 7.88. The number of ether oxygens (including phenoxy) is 1. The lowest BCUT2D eigenvalue weighted by Crippen LogP contribution is -2.26. The molecule has 0 saturated heterocycles. The zero-order valence-corrected chi connectivity index (χ0v) is 13.4. The standard InChI is InChI=1S/C17H20N4O2/c1-3-18-14-13(17(22)23-4-2)16-19-10-11-21(16)15(20-14)12-8-6-5-7-9-12/h5-9,19H,3-4,10-11H2,1-2H3. The lowest BCUT2D eigenvalue weighted by molar-refractivity contribution is 0.0524. The fraction of sp³-hybridized carbons (Fsp3) is 0.353. The van der Waals surface area contributed by atoms with Crippen LogP contribution in [0.15, 0.2) is 35.3 Å². The largest absolute Gasteiger partial charge is 0.462 e. The lowest BCUT2D eigenvalue weighted by Gasteiger charge is -2.14. The minimum absolute atomic E-state index is 0.324. The van der Waals surface area contributed by atoms with Gasteiger partial charge < -0.3 is 14.6 Å². The van der Waals surface area contributed by atoms with Gasteiger partial charge in [-0.2, -0.15) is 0 Å². The van der Waals surface area contributed by atoms with E-state index in [1.165, 1.54) is 0 Å². The normalized spacial score (nSPS) is 13.6. The summed E-state index contributed by atoms with van der Waals surface area (Å²) in [6, 6.07) is 9.93. The van der Waals surface area contributed by atoms with Crippen molar-refractivity contribution in [3.8, 4) is 11.4 Å². The van der Waals surface area contributed by atoms with Crippen molar-refractivity contribution >= 4 is 11.8 Å². The molecule has 0 unspecified atom stereocenters. The highest BCUT2D eigenvalue weighted by Gasteiger charge is 2.25. The van der Waals surface area contributed by atoms with Crippen LogP contribution in [0.25, 0.3) is 11.4 Å². The van der Waals surface area contributed by atoms with Crippen molar-refractivity contribution in [1.82, 2.24) is 9.55 Å². The predicted molar refractivity (Wildman–Crippen MR) is 88.2 cm³/mol. The van der Waals surface area contributed by atoms with Crippen LogP contribution in [0.5, 0.6) is 0 Å². The van der Waals surface area contributed by atoms with Gasteiger partial charge in [-0.1, -0.05) is 30.3 Å². The number of aromatic nitrogens is 2. The Morgan fingerprint density at radius 2 is 2.13 bits per heavy atom. The van der Waals surface area contributed by atoms with Crippen molar-refractivity contribution in [3.05, 3.63) is 41.4 Å². The second kappa shape index (κ2) is 6.64. The van der Waals surface area contributed by atoms with Gasteiger partial charge in [-0.15, -0.1) is 0 Å². The van der Waals surface area contributed by atoms with E-state index in [9.17, 15) is 4.79 Å². The number of carbonyl (C=O) groups is 1. The number of hydrogen-bond donors (Lipinski definition) is 1. The summed E-state index contributed by atoms with van der Waals surface area (Å²) in [7, 11) is 0. The summed E-state index contributed by atoms with van der Waals surface area (Å²) in [5.41, 5.74) is 1.86. The van der Waals surface area contributed by atoms with E-state index in [-0.39, 0.29) is 5.97 Å². The summed E-state index contributed by atoms with van der Waals surface area (Å²) in [5, 5.41) is 3.28. The van der Waals surface area contributed by atoms with E-state index < -0.39 is 0 Å². The molecular weight excluding hydrogens is 292 g/mol.